The number of nitrogens with zero attached hydrogens (tertiary/aromatic N) is 5. The normalized spacial score (nSPS) is 14.4. The first-order valence-corrected chi connectivity index (χ1v) is 9.30. The molecule has 140 valence electrons. The number of hydrogen-bond donors (Lipinski definition) is 3. The maximum atomic E-state index is 4.64. The van der Waals surface area contributed by atoms with E-state index in [1.807, 2.05) is 30.5 Å². The molecule has 0 radical (unpaired) electrons. The van der Waals surface area contributed by atoms with E-state index in [9.17, 15) is 0 Å². The molecule has 0 amide bonds. The number of aromatic amines is 1. The second-order valence-corrected chi connectivity index (χ2v) is 6.70. The highest BCUT2D eigenvalue weighted by molar-refractivity contribution is 5.82. The highest BCUT2D eigenvalue weighted by atomic mass is 15.2. The Morgan fingerprint density at radius 1 is 0.964 bits per heavy atom. The average molecular weight is 372 g/mol. The molecule has 0 aliphatic carbocycles. The summed E-state index contributed by atoms with van der Waals surface area (Å²) in [7, 11) is 0. The first kappa shape index (κ1) is 16.6. The minimum absolute atomic E-state index is 0.544. The molecule has 1 aromatic carbocycles. The third-order valence-corrected chi connectivity index (χ3v) is 4.84. The van der Waals surface area contributed by atoms with Crippen LogP contribution in [-0.2, 0) is 0 Å². The Balaban J connectivity index is 1.36. The SMILES string of the molecule is c1cc(-c2ccc(N3CCNCC3)nc2)nc(Nc2ccc3cn[nH]c3c2)n1. The van der Waals surface area contributed by atoms with Crippen LogP contribution in [0.25, 0.3) is 22.2 Å². The van der Waals surface area contributed by atoms with Gasteiger partial charge >= 0.3 is 0 Å². The van der Waals surface area contributed by atoms with Crippen LogP contribution in [0.2, 0.25) is 0 Å². The smallest absolute Gasteiger partial charge is 0.227 e. The molecule has 5 rings (SSSR count). The Bertz CT molecular complexity index is 1080. The van der Waals surface area contributed by atoms with Gasteiger partial charge in [-0.2, -0.15) is 5.10 Å². The third kappa shape index (κ3) is 3.37. The van der Waals surface area contributed by atoms with Crippen LogP contribution in [0.4, 0.5) is 17.5 Å². The average Bonchev–Trinajstić information content (AvgIpc) is 3.23. The van der Waals surface area contributed by atoms with Crippen molar-refractivity contribution in [1.82, 2.24) is 30.5 Å². The molecule has 0 atom stereocenters. The lowest BCUT2D eigenvalue weighted by Crippen LogP contribution is -2.43. The van der Waals surface area contributed by atoms with Crippen molar-refractivity contribution < 1.29 is 0 Å². The summed E-state index contributed by atoms with van der Waals surface area (Å²) in [4.78, 5) is 15.9. The van der Waals surface area contributed by atoms with Crippen molar-refractivity contribution in [2.24, 2.45) is 0 Å². The van der Waals surface area contributed by atoms with E-state index in [4.69, 9.17) is 0 Å². The van der Waals surface area contributed by atoms with Gasteiger partial charge in [0, 0.05) is 55.2 Å². The molecule has 3 aromatic heterocycles. The summed E-state index contributed by atoms with van der Waals surface area (Å²) in [5.41, 5.74) is 3.67. The Hall–Kier alpha value is -3.52. The van der Waals surface area contributed by atoms with Crippen LogP contribution in [0.15, 0.2) is 55.0 Å². The summed E-state index contributed by atoms with van der Waals surface area (Å²) in [6, 6.07) is 12.0. The maximum absolute atomic E-state index is 4.64. The van der Waals surface area contributed by atoms with Crippen LogP contribution in [0, 0.1) is 0 Å². The van der Waals surface area contributed by atoms with E-state index >= 15 is 0 Å². The lowest BCUT2D eigenvalue weighted by molar-refractivity contribution is 0.585. The summed E-state index contributed by atoms with van der Waals surface area (Å²) >= 11 is 0. The van der Waals surface area contributed by atoms with Crippen molar-refractivity contribution >= 4 is 28.4 Å². The van der Waals surface area contributed by atoms with Crippen molar-refractivity contribution in [3.63, 3.8) is 0 Å². The summed E-state index contributed by atoms with van der Waals surface area (Å²) < 4.78 is 0. The molecule has 3 N–H and O–H groups in total. The van der Waals surface area contributed by atoms with E-state index < -0.39 is 0 Å². The van der Waals surface area contributed by atoms with Gasteiger partial charge in [-0.1, -0.05) is 0 Å². The molecule has 0 bridgehead atoms. The summed E-state index contributed by atoms with van der Waals surface area (Å²) in [6.07, 6.45) is 5.43. The molecule has 4 heterocycles. The number of piperazine rings is 1. The highest BCUT2D eigenvalue weighted by Crippen LogP contribution is 2.22. The van der Waals surface area contributed by atoms with Gasteiger partial charge in [-0.3, -0.25) is 5.10 Å². The monoisotopic (exact) mass is 372 g/mol. The fourth-order valence-electron chi connectivity index (χ4n) is 3.34. The molecular formula is C20H20N8. The summed E-state index contributed by atoms with van der Waals surface area (Å²) in [6.45, 7) is 3.95. The first-order chi connectivity index (χ1) is 13.8. The molecule has 1 aliphatic rings. The van der Waals surface area contributed by atoms with Crippen molar-refractivity contribution in [2.45, 2.75) is 0 Å². The lowest BCUT2D eigenvalue weighted by atomic mass is 10.2. The van der Waals surface area contributed by atoms with Gasteiger partial charge < -0.3 is 15.5 Å². The molecule has 1 aliphatic heterocycles. The second kappa shape index (κ2) is 7.24. The van der Waals surface area contributed by atoms with Gasteiger partial charge in [0.25, 0.3) is 0 Å². The van der Waals surface area contributed by atoms with Gasteiger partial charge in [-0.05, 0) is 36.4 Å². The molecule has 1 saturated heterocycles. The van der Waals surface area contributed by atoms with Gasteiger partial charge in [0.1, 0.15) is 5.82 Å². The number of aromatic nitrogens is 5. The van der Waals surface area contributed by atoms with Gasteiger partial charge in [-0.25, -0.2) is 15.0 Å². The molecule has 0 unspecified atom stereocenters. The van der Waals surface area contributed by atoms with E-state index in [-0.39, 0.29) is 0 Å². The third-order valence-electron chi connectivity index (χ3n) is 4.84. The van der Waals surface area contributed by atoms with Crippen LogP contribution in [0.5, 0.6) is 0 Å². The van der Waals surface area contributed by atoms with Gasteiger partial charge in [0.05, 0.1) is 17.4 Å². The van der Waals surface area contributed by atoms with Crippen molar-refractivity contribution in [3.8, 4) is 11.3 Å². The zero-order valence-electron chi connectivity index (χ0n) is 15.3. The number of rotatable bonds is 4. The molecule has 8 heteroatoms. The molecule has 4 aromatic rings. The molecular weight excluding hydrogens is 352 g/mol. The molecule has 1 fully saturated rings. The van der Waals surface area contributed by atoms with Gasteiger partial charge in [0.2, 0.25) is 5.95 Å². The molecule has 0 saturated carbocycles. The van der Waals surface area contributed by atoms with E-state index in [0.717, 1.165) is 59.8 Å². The van der Waals surface area contributed by atoms with Crippen molar-refractivity contribution in [2.75, 3.05) is 36.4 Å². The van der Waals surface area contributed by atoms with E-state index in [0.29, 0.717) is 5.95 Å². The Morgan fingerprint density at radius 2 is 1.89 bits per heavy atom. The zero-order valence-corrected chi connectivity index (χ0v) is 15.3. The Kier molecular flexibility index (Phi) is 4.30. The fraction of sp³-hybridized carbons (Fsp3) is 0.200. The second-order valence-electron chi connectivity index (χ2n) is 6.70. The largest absolute Gasteiger partial charge is 0.354 e. The first-order valence-electron chi connectivity index (χ1n) is 9.30. The number of hydrogen-bond acceptors (Lipinski definition) is 7. The van der Waals surface area contributed by atoms with Crippen molar-refractivity contribution in [3.05, 3.63) is 55.0 Å². The highest BCUT2D eigenvalue weighted by Gasteiger charge is 2.12. The zero-order chi connectivity index (χ0) is 18.8. The number of fused-ring (bicyclic) bond motifs is 1. The topological polar surface area (TPSA) is 94.6 Å². The molecule has 28 heavy (non-hydrogen) atoms. The Labute approximate surface area is 162 Å². The molecule has 0 spiro atoms. The lowest BCUT2D eigenvalue weighted by Gasteiger charge is -2.28. The maximum Gasteiger partial charge on any atom is 0.227 e. The fourth-order valence-corrected chi connectivity index (χ4v) is 3.34. The van der Waals surface area contributed by atoms with E-state index in [1.165, 1.54) is 0 Å². The van der Waals surface area contributed by atoms with E-state index in [1.54, 1.807) is 12.4 Å². The molecule has 8 nitrogen and oxygen atoms in total. The predicted molar refractivity (Wildman–Crippen MR) is 110 cm³/mol. The predicted octanol–water partition coefficient (Wildman–Crippen LogP) is 2.57. The summed E-state index contributed by atoms with van der Waals surface area (Å²) in [5, 5.41) is 14.7. The van der Waals surface area contributed by atoms with Crippen LogP contribution in [0.1, 0.15) is 0 Å². The Morgan fingerprint density at radius 3 is 2.75 bits per heavy atom. The van der Waals surface area contributed by atoms with Crippen molar-refractivity contribution in [1.29, 1.82) is 0 Å². The van der Waals surface area contributed by atoms with Crippen LogP contribution in [0.3, 0.4) is 0 Å². The van der Waals surface area contributed by atoms with Gasteiger partial charge in [0.15, 0.2) is 0 Å². The number of H-pyrrole nitrogens is 1. The van der Waals surface area contributed by atoms with Crippen LogP contribution in [-0.4, -0.2) is 51.3 Å². The number of nitrogens with one attached hydrogen (secondary N) is 3. The van der Waals surface area contributed by atoms with Crippen LogP contribution < -0.4 is 15.5 Å². The standard InChI is InChI=1S/C20H20N8/c1-3-16(11-18-15(1)13-24-27-18)25-20-22-6-5-17(26-20)14-2-4-19(23-12-14)28-9-7-21-8-10-28/h1-6,11-13,21H,7-10H2,(H,24,27)(H,22,25,26). The van der Waals surface area contributed by atoms with Crippen LogP contribution >= 0.6 is 0 Å². The minimum atomic E-state index is 0.544. The number of pyridine rings is 1. The minimum Gasteiger partial charge on any atom is -0.354 e. The summed E-state index contributed by atoms with van der Waals surface area (Å²) in [5.74, 6) is 1.55. The van der Waals surface area contributed by atoms with E-state index in [2.05, 4.69) is 52.8 Å². The van der Waals surface area contributed by atoms with Gasteiger partial charge in [-0.15, -0.1) is 0 Å². The number of benzene rings is 1. The quantitative estimate of drug-likeness (QED) is 0.507. The number of anilines is 3.